The summed E-state index contributed by atoms with van der Waals surface area (Å²) in [5.41, 5.74) is 7.79. The highest BCUT2D eigenvalue weighted by Gasteiger charge is 2.33. The third kappa shape index (κ3) is 2.94. The summed E-state index contributed by atoms with van der Waals surface area (Å²) >= 11 is 0. The highest BCUT2D eigenvalue weighted by molar-refractivity contribution is 6.90. The van der Waals surface area contributed by atoms with Gasteiger partial charge in [0.05, 0.1) is 13.6 Å². The van der Waals surface area contributed by atoms with Gasteiger partial charge in [-0.1, -0.05) is 57.8 Å². The summed E-state index contributed by atoms with van der Waals surface area (Å²) in [6, 6.07) is 16.0. The van der Waals surface area contributed by atoms with Gasteiger partial charge in [0.25, 0.3) is 5.69 Å². The van der Waals surface area contributed by atoms with Crippen molar-refractivity contribution in [3.05, 3.63) is 59.2 Å². The standard InChI is InChI=1S/C28H32NOSi/c1-16(2)19-13-20-12-17(3)18(4)26-27(20)23(14-19)30-24-15-21-22(29(5)28(24)26)10-9-11-25(21)31(6,7)8/h9-16H,1-8H3/q+1. The summed E-state index contributed by atoms with van der Waals surface area (Å²) in [6.45, 7) is 16.2. The molecular weight excluding hydrogens is 394 g/mol. The van der Waals surface area contributed by atoms with Crippen LogP contribution in [0.5, 0.6) is 11.5 Å². The first kappa shape index (κ1) is 20.3. The van der Waals surface area contributed by atoms with E-state index in [1.807, 2.05) is 0 Å². The van der Waals surface area contributed by atoms with Crippen LogP contribution in [0.25, 0.3) is 32.9 Å². The van der Waals surface area contributed by atoms with E-state index < -0.39 is 8.07 Å². The van der Waals surface area contributed by atoms with Crippen molar-refractivity contribution in [3.63, 3.8) is 0 Å². The molecule has 1 aliphatic heterocycles. The molecule has 0 fully saturated rings. The number of aryl methyl sites for hydroxylation is 2. The quantitative estimate of drug-likeness (QED) is 0.222. The number of hydrogen-bond donors (Lipinski definition) is 0. The van der Waals surface area contributed by atoms with Gasteiger partial charge in [-0.3, -0.25) is 0 Å². The Kier molecular flexibility index (Phi) is 4.36. The Hall–Kier alpha value is -2.65. The Bertz CT molecular complexity index is 1390. The molecule has 0 saturated carbocycles. The summed E-state index contributed by atoms with van der Waals surface area (Å²) in [5.74, 6) is 2.43. The fourth-order valence-corrected chi connectivity index (χ4v) is 6.70. The average molecular weight is 427 g/mol. The van der Waals surface area contributed by atoms with Crippen LogP contribution < -0.4 is 14.5 Å². The van der Waals surface area contributed by atoms with Gasteiger partial charge in [0.15, 0.2) is 5.75 Å². The van der Waals surface area contributed by atoms with Crippen molar-refractivity contribution in [2.45, 2.75) is 53.3 Å². The second-order valence-corrected chi connectivity index (χ2v) is 15.5. The molecule has 0 unspecified atom stereocenters. The number of benzene rings is 3. The smallest absolute Gasteiger partial charge is 0.256 e. The molecule has 31 heavy (non-hydrogen) atoms. The van der Waals surface area contributed by atoms with Crippen molar-refractivity contribution in [1.82, 2.24) is 0 Å². The van der Waals surface area contributed by atoms with Crippen LogP contribution in [0, 0.1) is 13.8 Å². The zero-order chi connectivity index (χ0) is 22.2. The number of hydrogen-bond acceptors (Lipinski definition) is 1. The minimum atomic E-state index is -1.50. The Balaban J connectivity index is 1.94. The second kappa shape index (κ2) is 6.67. The van der Waals surface area contributed by atoms with Gasteiger partial charge in [-0.05, 0) is 53.1 Å². The molecule has 5 rings (SSSR count). The summed E-state index contributed by atoms with van der Waals surface area (Å²) in [4.78, 5) is 0. The number of aromatic nitrogens is 1. The SMILES string of the molecule is Cc1cc2cc(C(C)C)cc3c2c(c1C)-c1c(cc2c([Si](C)(C)C)cccc2[n+]1C)O3. The predicted molar refractivity (Wildman–Crippen MR) is 135 cm³/mol. The van der Waals surface area contributed by atoms with Crippen LogP contribution in [0.1, 0.15) is 36.5 Å². The van der Waals surface area contributed by atoms with Gasteiger partial charge in [-0.2, -0.15) is 4.57 Å². The molecule has 4 aromatic rings. The molecule has 0 spiro atoms. The highest BCUT2D eigenvalue weighted by Crippen LogP contribution is 2.48. The van der Waals surface area contributed by atoms with E-state index in [9.17, 15) is 0 Å². The molecule has 0 radical (unpaired) electrons. The van der Waals surface area contributed by atoms with Gasteiger partial charge in [0.2, 0.25) is 5.52 Å². The lowest BCUT2D eigenvalue weighted by Gasteiger charge is -2.25. The van der Waals surface area contributed by atoms with E-state index in [0.29, 0.717) is 5.92 Å². The lowest BCUT2D eigenvalue weighted by Crippen LogP contribution is -2.41. The van der Waals surface area contributed by atoms with Crippen molar-refractivity contribution < 1.29 is 9.30 Å². The van der Waals surface area contributed by atoms with E-state index in [0.717, 1.165) is 11.5 Å². The topological polar surface area (TPSA) is 13.1 Å². The van der Waals surface area contributed by atoms with Gasteiger partial charge in [0.1, 0.15) is 12.8 Å². The maximum absolute atomic E-state index is 6.69. The molecule has 0 atom stereocenters. The summed E-state index contributed by atoms with van der Waals surface area (Å²) < 4.78 is 9.04. The van der Waals surface area contributed by atoms with Gasteiger partial charge < -0.3 is 4.74 Å². The van der Waals surface area contributed by atoms with Gasteiger partial charge in [0, 0.05) is 22.9 Å². The van der Waals surface area contributed by atoms with E-state index in [-0.39, 0.29) is 0 Å². The maximum Gasteiger partial charge on any atom is 0.256 e. The Morgan fingerprint density at radius 2 is 1.68 bits per heavy atom. The third-order valence-corrected chi connectivity index (χ3v) is 9.02. The van der Waals surface area contributed by atoms with Crippen LogP contribution in [0.4, 0.5) is 0 Å². The fourth-order valence-electron chi connectivity index (χ4n) is 5.10. The second-order valence-electron chi connectivity index (χ2n) is 10.5. The van der Waals surface area contributed by atoms with Crippen LogP contribution >= 0.6 is 0 Å². The molecule has 2 heterocycles. The van der Waals surface area contributed by atoms with E-state index in [4.69, 9.17) is 4.74 Å². The first-order chi connectivity index (χ1) is 14.6. The van der Waals surface area contributed by atoms with Crippen LogP contribution in [0.2, 0.25) is 19.6 Å². The number of rotatable bonds is 2. The maximum atomic E-state index is 6.69. The molecule has 0 aliphatic carbocycles. The summed E-state index contributed by atoms with van der Waals surface area (Å²) in [6.07, 6.45) is 0. The molecule has 1 aliphatic rings. The molecule has 3 aromatic carbocycles. The lowest BCUT2D eigenvalue weighted by atomic mass is 9.88. The van der Waals surface area contributed by atoms with Crippen LogP contribution in [-0.4, -0.2) is 8.07 Å². The third-order valence-electron chi connectivity index (χ3n) is 6.96. The van der Waals surface area contributed by atoms with Crippen molar-refractivity contribution in [2.24, 2.45) is 7.05 Å². The summed E-state index contributed by atoms with van der Waals surface area (Å²) in [5, 5.41) is 5.34. The van der Waals surface area contributed by atoms with Crippen molar-refractivity contribution in [1.29, 1.82) is 0 Å². The Labute approximate surface area is 186 Å². The monoisotopic (exact) mass is 426 g/mol. The lowest BCUT2D eigenvalue weighted by molar-refractivity contribution is -0.633. The molecule has 158 valence electrons. The summed E-state index contributed by atoms with van der Waals surface area (Å²) in [7, 11) is 0.695. The normalized spacial score (nSPS) is 13.1. The molecule has 2 nitrogen and oxygen atoms in total. The fraction of sp³-hybridized carbons (Fsp3) is 0.321. The first-order valence-corrected chi connectivity index (χ1v) is 14.8. The number of pyridine rings is 1. The first-order valence-electron chi connectivity index (χ1n) is 11.3. The van der Waals surface area contributed by atoms with E-state index >= 15 is 0 Å². The van der Waals surface area contributed by atoms with Gasteiger partial charge in [-0.25, -0.2) is 0 Å². The number of ether oxygens (including phenoxy) is 1. The van der Waals surface area contributed by atoms with Crippen LogP contribution in [0.15, 0.2) is 42.5 Å². The van der Waals surface area contributed by atoms with Gasteiger partial charge >= 0.3 is 0 Å². The van der Waals surface area contributed by atoms with Crippen LogP contribution in [-0.2, 0) is 7.05 Å². The van der Waals surface area contributed by atoms with E-state index in [2.05, 4.69) is 101 Å². The number of nitrogens with zero attached hydrogens (tertiary/aromatic N) is 1. The molecule has 3 heteroatoms. The van der Waals surface area contributed by atoms with E-state index in [1.54, 1.807) is 0 Å². The van der Waals surface area contributed by atoms with E-state index in [1.165, 1.54) is 54.8 Å². The number of fused-ring (bicyclic) bond motifs is 3. The van der Waals surface area contributed by atoms with Crippen molar-refractivity contribution in [3.8, 4) is 22.8 Å². The van der Waals surface area contributed by atoms with Gasteiger partial charge in [-0.15, -0.1) is 0 Å². The molecule has 0 saturated heterocycles. The minimum absolute atomic E-state index is 0.460. The molecule has 0 amide bonds. The molecule has 0 bridgehead atoms. The minimum Gasteiger partial charge on any atom is -0.450 e. The van der Waals surface area contributed by atoms with Crippen molar-refractivity contribution in [2.75, 3.05) is 0 Å². The Morgan fingerprint density at radius 3 is 2.35 bits per heavy atom. The highest BCUT2D eigenvalue weighted by atomic mass is 28.3. The molecule has 0 N–H and O–H groups in total. The largest absolute Gasteiger partial charge is 0.450 e. The zero-order valence-corrected chi connectivity index (χ0v) is 21.0. The molecule has 1 aromatic heterocycles. The Morgan fingerprint density at radius 1 is 0.935 bits per heavy atom. The van der Waals surface area contributed by atoms with Crippen molar-refractivity contribution >= 4 is 34.9 Å². The van der Waals surface area contributed by atoms with Crippen LogP contribution in [0.3, 0.4) is 0 Å². The average Bonchev–Trinajstić information content (AvgIpc) is 2.69. The molecular formula is C28H32NOSi+. The predicted octanol–water partition coefficient (Wildman–Crippen LogP) is 6.88. The zero-order valence-electron chi connectivity index (χ0n) is 20.0.